The van der Waals surface area contributed by atoms with Gasteiger partial charge in [-0.15, -0.1) is 0 Å². The molecule has 2 N–H and O–H groups in total. The van der Waals surface area contributed by atoms with E-state index in [-0.39, 0.29) is 11.8 Å². The van der Waals surface area contributed by atoms with Gasteiger partial charge in [-0.25, -0.2) is 0 Å². The quantitative estimate of drug-likeness (QED) is 0.375. The van der Waals surface area contributed by atoms with Crippen molar-refractivity contribution in [3.63, 3.8) is 0 Å². The van der Waals surface area contributed by atoms with Gasteiger partial charge < -0.3 is 10.6 Å². The predicted molar refractivity (Wildman–Crippen MR) is 130 cm³/mol. The summed E-state index contributed by atoms with van der Waals surface area (Å²) < 4.78 is 0. The maximum Gasteiger partial charge on any atom is 0.255 e. The molecule has 0 heterocycles. The number of carbonyl (C=O) groups excluding carboxylic acids is 2. The molecular formula is C28H24N2O2. The monoisotopic (exact) mass is 420 g/mol. The van der Waals surface area contributed by atoms with E-state index >= 15 is 0 Å². The second kappa shape index (κ2) is 10.2. The van der Waals surface area contributed by atoms with Crippen LogP contribution in [-0.4, -0.2) is 11.8 Å². The lowest BCUT2D eigenvalue weighted by Crippen LogP contribution is -2.13. The SMILES string of the molecule is O=C(CCc1ccccc1)Nc1ccc(NC(=O)c2ccc(-c3ccccc3)cc2)cc1. The minimum atomic E-state index is -0.177. The molecule has 0 saturated heterocycles. The van der Waals surface area contributed by atoms with Crippen LogP contribution in [0.15, 0.2) is 109 Å². The van der Waals surface area contributed by atoms with Crippen molar-refractivity contribution in [1.82, 2.24) is 0 Å². The summed E-state index contributed by atoms with van der Waals surface area (Å²) in [7, 11) is 0. The summed E-state index contributed by atoms with van der Waals surface area (Å²) in [5, 5.41) is 5.79. The number of amides is 2. The van der Waals surface area contributed by atoms with Crippen molar-refractivity contribution in [3.05, 3.63) is 120 Å². The summed E-state index contributed by atoms with van der Waals surface area (Å²) in [5.41, 5.74) is 5.27. The number of benzene rings is 4. The van der Waals surface area contributed by atoms with E-state index in [4.69, 9.17) is 0 Å². The first kappa shape index (κ1) is 21.1. The second-order valence-electron chi connectivity index (χ2n) is 7.51. The van der Waals surface area contributed by atoms with Gasteiger partial charge >= 0.3 is 0 Å². The van der Waals surface area contributed by atoms with Gasteiger partial charge in [0.2, 0.25) is 5.91 Å². The van der Waals surface area contributed by atoms with Gasteiger partial charge in [0.15, 0.2) is 0 Å². The Morgan fingerprint density at radius 2 is 1.09 bits per heavy atom. The Morgan fingerprint density at radius 1 is 0.562 bits per heavy atom. The van der Waals surface area contributed by atoms with Crippen molar-refractivity contribution < 1.29 is 9.59 Å². The third-order valence-electron chi connectivity index (χ3n) is 5.16. The fourth-order valence-corrected chi connectivity index (χ4v) is 3.41. The van der Waals surface area contributed by atoms with Crippen molar-refractivity contribution in [2.45, 2.75) is 12.8 Å². The summed E-state index contributed by atoms with van der Waals surface area (Å²) in [6, 6.07) is 34.6. The highest BCUT2D eigenvalue weighted by molar-refractivity contribution is 6.04. The maximum atomic E-state index is 12.6. The van der Waals surface area contributed by atoms with Crippen LogP contribution in [0.1, 0.15) is 22.3 Å². The molecule has 0 atom stereocenters. The van der Waals surface area contributed by atoms with Crippen LogP contribution in [-0.2, 0) is 11.2 Å². The van der Waals surface area contributed by atoms with Crippen LogP contribution in [0.3, 0.4) is 0 Å². The Hall–Kier alpha value is -4.18. The summed E-state index contributed by atoms with van der Waals surface area (Å²) in [6.07, 6.45) is 1.12. The minimum absolute atomic E-state index is 0.0378. The molecule has 0 unspecified atom stereocenters. The molecule has 32 heavy (non-hydrogen) atoms. The van der Waals surface area contributed by atoms with Crippen LogP contribution in [0.25, 0.3) is 11.1 Å². The minimum Gasteiger partial charge on any atom is -0.326 e. The van der Waals surface area contributed by atoms with E-state index in [2.05, 4.69) is 10.6 Å². The fourth-order valence-electron chi connectivity index (χ4n) is 3.41. The third kappa shape index (κ3) is 5.70. The van der Waals surface area contributed by atoms with Gasteiger partial charge in [-0.05, 0) is 59.5 Å². The number of nitrogens with one attached hydrogen (secondary N) is 2. The first-order valence-corrected chi connectivity index (χ1v) is 10.6. The Kier molecular flexibility index (Phi) is 6.73. The van der Waals surface area contributed by atoms with E-state index in [1.807, 2.05) is 84.9 Å². The Balaban J connectivity index is 1.30. The Morgan fingerprint density at radius 3 is 1.72 bits per heavy atom. The Bertz CT molecular complexity index is 1170. The number of hydrogen-bond acceptors (Lipinski definition) is 2. The van der Waals surface area contributed by atoms with Crippen LogP contribution in [0.4, 0.5) is 11.4 Å². The Labute approximate surface area is 187 Å². The van der Waals surface area contributed by atoms with Crippen molar-refractivity contribution in [3.8, 4) is 11.1 Å². The molecule has 4 rings (SSSR count). The lowest BCUT2D eigenvalue weighted by Gasteiger charge is -2.09. The number of carbonyl (C=O) groups is 2. The molecule has 4 aromatic carbocycles. The molecule has 0 fully saturated rings. The van der Waals surface area contributed by atoms with Gasteiger partial charge in [-0.1, -0.05) is 72.8 Å². The summed E-state index contributed by atoms with van der Waals surface area (Å²) in [4.78, 5) is 24.7. The largest absolute Gasteiger partial charge is 0.326 e. The zero-order valence-electron chi connectivity index (χ0n) is 17.6. The molecule has 158 valence electrons. The number of anilines is 2. The van der Waals surface area contributed by atoms with Crippen LogP contribution < -0.4 is 10.6 Å². The van der Waals surface area contributed by atoms with E-state index in [9.17, 15) is 9.59 Å². The zero-order valence-corrected chi connectivity index (χ0v) is 17.6. The van der Waals surface area contributed by atoms with Gasteiger partial charge in [0.25, 0.3) is 5.91 Å². The molecule has 2 amide bonds. The van der Waals surface area contributed by atoms with Crippen LogP contribution in [0.5, 0.6) is 0 Å². The molecule has 0 saturated carbocycles. The van der Waals surface area contributed by atoms with E-state index in [1.165, 1.54) is 0 Å². The van der Waals surface area contributed by atoms with E-state index in [0.717, 1.165) is 16.7 Å². The molecule has 0 aliphatic rings. The van der Waals surface area contributed by atoms with E-state index in [1.54, 1.807) is 24.3 Å². The van der Waals surface area contributed by atoms with Gasteiger partial charge in [0.1, 0.15) is 0 Å². The molecular weight excluding hydrogens is 396 g/mol. The summed E-state index contributed by atoms with van der Waals surface area (Å²) >= 11 is 0. The van der Waals surface area contributed by atoms with Crippen LogP contribution in [0.2, 0.25) is 0 Å². The van der Waals surface area contributed by atoms with Gasteiger partial charge in [-0.3, -0.25) is 9.59 Å². The van der Waals surface area contributed by atoms with Gasteiger partial charge in [-0.2, -0.15) is 0 Å². The fraction of sp³-hybridized carbons (Fsp3) is 0.0714. The normalized spacial score (nSPS) is 10.4. The van der Waals surface area contributed by atoms with Gasteiger partial charge in [0.05, 0.1) is 0 Å². The molecule has 0 bridgehead atoms. The predicted octanol–water partition coefficient (Wildman–Crippen LogP) is 6.18. The molecule has 0 spiro atoms. The first-order chi connectivity index (χ1) is 15.7. The average Bonchev–Trinajstić information content (AvgIpc) is 2.85. The lowest BCUT2D eigenvalue weighted by atomic mass is 10.0. The number of rotatable bonds is 7. The molecule has 0 radical (unpaired) electrons. The highest BCUT2D eigenvalue weighted by atomic mass is 16.2. The van der Waals surface area contributed by atoms with Crippen LogP contribution in [0, 0.1) is 0 Å². The molecule has 0 aliphatic carbocycles. The van der Waals surface area contributed by atoms with E-state index < -0.39 is 0 Å². The lowest BCUT2D eigenvalue weighted by molar-refractivity contribution is -0.116. The molecule has 0 aliphatic heterocycles. The number of aryl methyl sites for hydroxylation is 1. The first-order valence-electron chi connectivity index (χ1n) is 10.6. The summed E-state index contributed by atoms with van der Waals surface area (Å²) in [5.74, 6) is -0.214. The topological polar surface area (TPSA) is 58.2 Å². The standard InChI is InChI=1S/C28H24N2O2/c31-27(20-11-21-7-3-1-4-8-21)29-25-16-18-26(19-17-25)30-28(32)24-14-12-23(13-15-24)22-9-5-2-6-10-22/h1-10,12-19H,11,20H2,(H,29,31)(H,30,32). The molecule has 4 aromatic rings. The number of hydrogen-bond donors (Lipinski definition) is 2. The molecule has 0 aromatic heterocycles. The smallest absolute Gasteiger partial charge is 0.255 e. The second-order valence-corrected chi connectivity index (χ2v) is 7.51. The van der Waals surface area contributed by atoms with Crippen molar-refractivity contribution in [2.75, 3.05) is 10.6 Å². The zero-order chi connectivity index (χ0) is 22.2. The molecule has 4 heteroatoms. The highest BCUT2D eigenvalue weighted by Gasteiger charge is 2.08. The third-order valence-corrected chi connectivity index (χ3v) is 5.16. The van der Waals surface area contributed by atoms with Crippen molar-refractivity contribution in [2.24, 2.45) is 0 Å². The maximum absolute atomic E-state index is 12.6. The van der Waals surface area contributed by atoms with Crippen molar-refractivity contribution in [1.29, 1.82) is 0 Å². The summed E-state index contributed by atoms with van der Waals surface area (Å²) in [6.45, 7) is 0. The molecule has 4 nitrogen and oxygen atoms in total. The average molecular weight is 421 g/mol. The van der Waals surface area contributed by atoms with Crippen molar-refractivity contribution >= 4 is 23.2 Å². The van der Waals surface area contributed by atoms with Crippen LogP contribution >= 0.6 is 0 Å². The van der Waals surface area contributed by atoms with E-state index in [0.29, 0.717) is 29.8 Å². The van der Waals surface area contributed by atoms with Gasteiger partial charge in [0, 0.05) is 23.4 Å². The highest BCUT2D eigenvalue weighted by Crippen LogP contribution is 2.20.